The summed E-state index contributed by atoms with van der Waals surface area (Å²) < 4.78 is 22.7. The summed E-state index contributed by atoms with van der Waals surface area (Å²) in [5.74, 6) is -0.318. The van der Waals surface area contributed by atoms with Gasteiger partial charge in [0.2, 0.25) is 0 Å². The molecule has 52 heavy (non-hydrogen) atoms. The van der Waals surface area contributed by atoms with E-state index in [1.54, 1.807) is 0 Å². The molecule has 310 valence electrons. The Labute approximate surface area is 319 Å². The Kier molecular flexibility index (Phi) is 33.9. The van der Waals surface area contributed by atoms with Gasteiger partial charge >= 0.3 is 5.97 Å². The highest BCUT2D eigenvalue weighted by molar-refractivity contribution is 5.69. The Bertz CT molecular complexity index is 767. The topological polar surface area (TPSA) is 135 Å². The van der Waals surface area contributed by atoms with Crippen LogP contribution in [-0.2, 0) is 23.7 Å². The fraction of sp³-hybridized carbons (Fsp3) is 0.977. The average molecular weight is 745 g/mol. The lowest BCUT2D eigenvalue weighted by atomic mass is 9.99. The van der Waals surface area contributed by atoms with Crippen LogP contribution >= 0.6 is 0 Å². The van der Waals surface area contributed by atoms with Crippen LogP contribution in [0.15, 0.2) is 0 Å². The van der Waals surface area contributed by atoms with E-state index >= 15 is 0 Å². The fourth-order valence-corrected chi connectivity index (χ4v) is 7.02. The molecule has 0 amide bonds. The van der Waals surface area contributed by atoms with E-state index in [1.807, 2.05) is 0 Å². The van der Waals surface area contributed by atoms with Gasteiger partial charge in [0.1, 0.15) is 30.5 Å². The van der Waals surface area contributed by atoms with Crippen LogP contribution < -0.4 is 0 Å². The van der Waals surface area contributed by atoms with Crippen LogP contribution in [0.25, 0.3) is 0 Å². The molecule has 4 N–H and O–H groups in total. The minimum Gasteiger partial charge on any atom is -0.457 e. The van der Waals surface area contributed by atoms with E-state index in [9.17, 15) is 25.2 Å². The van der Waals surface area contributed by atoms with Crippen molar-refractivity contribution in [3.63, 3.8) is 0 Å². The molecule has 0 radical (unpaired) electrons. The van der Waals surface area contributed by atoms with Crippen LogP contribution in [0.2, 0.25) is 0 Å². The second kappa shape index (κ2) is 35.9. The third kappa shape index (κ3) is 26.9. The van der Waals surface area contributed by atoms with E-state index in [0.29, 0.717) is 13.0 Å². The third-order valence-electron chi connectivity index (χ3n) is 10.5. The van der Waals surface area contributed by atoms with Gasteiger partial charge in [-0.15, -0.1) is 0 Å². The summed E-state index contributed by atoms with van der Waals surface area (Å²) in [6.45, 7) is 4.53. The predicted octanol–water partition coefficient (Wildman–Crippen LogP) is 9.47. The van der Waals surface area contributed by atoms with Crippen molar-refractivity contribution in [1.29, 1.82) is 0 Å². The molecule has 0 saturated carbocycles. The maximum absolute atomic E-state index is 12.6. The van der Waals surface area contributed by atoms with Gasteiger partial charge in [0.25, 0.3) is 0 Å². The van der Waals surface area contributed by atoms with E-state index in [4.69, 9.17) is 18.9 Å². The summed E-state index contributed by atoms with van der Waals surface area (Å²) in [7, 11) is 0. The number of carbonyl (C=O) groups is 1. The number of aliphatic hydroxyl groups excluding tert-OH is 4. The zero-order valence-electron chi connectivity index (χ0n) is 33.8. The van der Waals surface area contributed by atoms with Gasteiger partial charge in [-0.25, -0.2) is 0 Å². The molecule has 9 heteroatoms. The molecule has 6 unspecified atom stereocenters. The van der Waals surface area contributed by atoms with E-state index < -0.39 is 43.4 Å². The number of ether oxygens (including phenoxy) is 4. The molecule has 6 atom stereocenters. The minimum absolute atomic E-state index is 0.107. The zero-order chi connectivity index (χ0) is 37.9. The fourth-order valence-electron chi connectivity index (χ4n) is 7.02. The largest absolute Gasteiger partial charge is 0.457 e. The Balaban J connectivity index is 2.09. The first-order valence-corrected chi connectivity index (χ1v) is 22.1. The van der Waals surface area contributed by atoms with Crippen LogP contribution in [0.3, 0.4) is 0 Å². The number of unbranched alkanes of at least 4 members (excludes halogenated alkanes) is 27. The monoisotopic (exact) mass is 745 g/mol. The summed E-state index contributed by atoms with van der Waals surface area (Å²) in [5, 5.41) is 39.9. The van der Waals surface area contributed by atoms with E-state index in [-0.39, 0.29) is 19.2 Å². The number of aliphatic hydroxyl groups is 4. The lowest BCUT2D eigenvalue weighted by Crippen LogP contribution is -2.59. The summed E-state index contributed by atoms with van der Waals surface area (Å²) >= 11 is 0. The maximum Gasteiger partial charge on any atom is 0.306 e. The first-order chi connectivity index (χ1) is 25.4. The quantitative estimate of drug-likeness (QED) is 0.0360. The predicted molar refractivity (Wildman–Crippen MR) is 210 cm³/mol. The molecular formula is C43H84O9. The standard InChI is InChI=1S/C43H84O9/c1-3-5-7-9-11-12-13-14-15-16-17-18-19-20-21-22-23-24-25-26-27-29-31-33-49-35-37(51-39(45)32-30-28-10-8-6-4-2)36-50-43-42(48)41(47)40(46)38(34-44)52-43/h37-38,40-44,46-48H,3-36H2,1-2H3. The summed E-state index contributed by atoms with van der Waals surface area (Å²) in [4.78, 5) is 12.6. The average Bonchev–Trinajstić information content (AvgIpc) is 3.14. The number of hydrogen-bond donors (Lipinski definition) is 4. The van der Waals surface area contributed by atoms with Crippen molar-refractivity contribution >= 4 is 5.97 Å². The first kappa shape index (κ1) is 49.2. The normalized spacial score (nSPS) is 21.1. The molecule has 1 saturated heterocycles. The van der Waals surface area contributed by atoms with Gasteiger partial charge in [0.15, 0.2) is 6.29 Å². The second-order valence-corrected chi connectivity index (χ2v) is 15.5. The van der Waals surface area contributed by atoms with E-state index in [0.717, 1.165) is 32.1 Å². The molecule has 0 bridgehead atoms. The van der Waals surface area contributed by atoms with Crippen molar-refractivity contribution in [2.75, 3.05) is 26.4 Å². The van der Waals surface area contributed by atoms with E-state index in [1.165, 1.54) is 154 Å². The zero-order valence-corrected chi connectivity index (χ0v) is 33.8. The highest BCUT2D eigenvalue weighted by atomic mass is 16.7. The van der Waals surface area contributed by atoms with Crippen molar-refractivity contribution in [2.45, 2.75) is 243 Å². The Hall–Kier alpha value is -0.810. The molecule has 0 aliphatic carbocycles. The van der Waals surface area contributed by atoms with Crippen LogP contribution in [0.4, 0.5) is 0 Å². The molecule has 0 aromatic carbocycles. The smallest absolute Gasteiger partial charge is 0.306 e. The summed E-state index contributed by atoms with van der Waals surface area (Å²) in [6, 6.07) is 0. The molecule has 1 fully saturated rings. The Morgan fingerprint density at radius 3 is 1.37 bits per heavy atom. The van der Waals surface area contributed by atoms with Gasteiger partial charge < -0.3 is 39.4 Å². The van der Waals surface area contributed by atoms with Gasteiger partial charge in [-0.05, 0) is 12.8 Å². The highest BCUT2D eigenvalue weighted by Crippen LogP contribution is 2.23. The summed E-state index contributed by atoms with van der Waals surface area (Å²) in [5.41, 5.74) is 0. The van der Waals surface area contributed by atoms with Crippen molar-refractivity contribution < 1.29 is 44.2 Å². The van der Waals surface area contributed by atoms with Gasteiger partial charge in [-0.2, -0.15) is 0 Å². The highest BCUT2D eigenvalue weighted by Gasteiger charge is 2.44. The summed E-state index contributed by atoms with van der Waals surface area (Å²) in [6.07, 6.45) is 30.3. The van der Waals surface area contributed by atoms with E-state index in [2.05, 4.69) is 13.8 Å². The van der Waals surface area contributed by atoms with Crippen LogP contribution in [0.1, 0.15) is 206 Å². The number of rotatable bonds is 38. The molecular weight excluding hydrogens is 660 g/mol. The van der Waals surface area contributed by atoms with Crippen LogP contribution in [-0.4, -0.2) is 89.6 Å². The number of hydrogen-bond acceptors (Lipinski definition) is 9. The van der Waals surface area contributed by atoms with Crippen molar-refractivity contribution in [3.8, 4) is 0 Å². The lowest BCUT2D eigenvalue weighted by molar-refractivity contribution is -0.305. The third-order valence-corrected chi connectivity index (χ3v) is 10.5. The van der Waals surface area contributed by atoms with Crippen molar-refractivity contribution in [3.05, 3.63) is 0 Å². The van der Waals surface area contributed by atoms with Gasteiger partial charge in [0.05, 0.1) is 19.8 Å². The second-order valence-electron chi connectivity index (χ2n) is 15.5. The minimum atomic E-state index is -1.53. The molecule has 1 aliphatic rings. The molecule has 0 aromatic heterocycles. The maximum atomic E-state index is 12.6. The molecule has 1 heterocycles. The Morgan fingerprint density at radius 2 is 0.942 bits per heavy atom. The molecule has 0 spiro atoms. The number of esters is 1. The SMILES string of the molecule is CCCCCCCCCCCCCCCCCCCCCCCCCOCC(COC1OC(CO)C(O)C(O)C1O)OC(=O)CCCCCCCC. The van der Waals surface area contributed by atoms with Crippen LogP contribution in [0.5, 0.6) is 0 Å². The molecule has 0 aromatic rings. The molecule has 9 nitrogen and oxygen atoms in total. The first-order valence-electron chi connectivity index (χ1n) is 22.1. The lowest BCUT2D eigenvalue weighted by Gasteiger charge is -2.39. The molecule has 1 aliphatic heterocycles. The van der Waals surface area contributed by atoms with Crippen molar-refractivity contribution in [1.82, 2.24) is 0 Å². The van der Waals surface area contributed by atoms with Gasteiger partial charge in [-0.1, -0.05) is 187 Å². The number of carbonyl (C=O) groups excluding carboxylic acids is 1. The van der Waals surface area contributed by atoms with Gasteiger partial charge in [-0.3, -0.25) is 4.79 Å². The van der Waals surface area contributed by atoms with Gasteiger partial charge in [0, 0.05) is 13.0 Å². The Morgan fingerprint density at radius 1 is 0.538 bits per heavy atom. The van der Waals surface area contributed by atoms with Crippen LogP contribution in [0, 0.1) is 0 Å². The van der Waals surface area contributed by atoms with Crippen molar-refractivity contribution in [2.24, 2.45) is 0 Å². The molecule has 1 rings (SSSR count).